The van der Waals surface area contributed by atoms with Gasteiger partial charge in [-0.2, -0.15) is 16.9 Å². The van der Waals surface area contributed by atoms with E-state index in [1.807, 2.05) is 23.6 Å². The Morgan fingerprint density at radius 2 is 1.94 bits per heavy atom. The second-order valence-electron chi connectivity index (χ2n) is 9.78. The Kier molecular flexibility index (Phi) is 6.03. The molecule has 34 heavy (non-hydrogen) atoms. The van der Waals surface area contributed by atoms with Crippen LogP contribution in [0.25, 0.3) is 27.3 Å². The first-order chi connectivity index (χ1) is 16.6. The number of pyridine rings is 1. The molecular formula is C25H32N6OS2. The minimum Gasteiger partial charge on any atom is -0.493 e. The van der Waals surface area contributed by atoms with Crippen molar-refractivity contribution in [3.8, 4) is 17.0 Å². The van der Waals surface area contributed by atoms with Gasteiger partial charge in [-0.25, -0.2) is 14.5 Å². The van der Waals surface area contributed by atoms with E-state index in [9.17, 15) is 0 Å². The molecule has 1 saturated heterocycles. The van der Waals surface area contributed by atoms with Crippen molar-refractivity contribution in [1.82, 2.24) is 29.5 Å². The normalized spacial score (nSPS) is 22.2. The van der Waals surface area contributed by atoms with E-state index in [1.165, 1.54) is 65.7 Å². The number of aromatic nitrogens is 5. The fraction of sp³-hybridized carbons (Fsp3) is 0.560. The highest BCUT2D eigenvalue weighted by atomic mass is 32.2. The molecule has 0 aromatic carbocycles. The second-order valence-corrected chi connectivity index (χ2v) is 12.0. The maximum atomic E-state index is 5.60. The third-order valence-electron chi connectivity index (χ3n) is 7.44. The Morgan fingerprint density at radius 1 is 1.15 bits per heavy atom. The molecule has 1 saturated carbocycles. The smallest absolute Gasteiger partial charge is 0.197 e. The lowest BCUT2D eigenvalue weighted by Gasteiger charge is -2.38. The zero-order chi connectivity index (χ0) is 23.2. The molecular weight excluding hydrogens is 464 g/mol. The number of nitrogens with one attached hydrogen (secondary N) is 1. The van der Waals surface area contributed by atoms with Crippen LogP contribution >= 0.6 is 23.1 Å². The number of rotatable bonds is 5. The Labute approximate surface area is 208 Å². The van der Waals surface area contributed by atoms with Crippen molar-refractivity contribution < 1.29 is 4.74 Å². The molecule has 2 aliphatic rings. The van der Waals surface area contributed by atoms with Gasteiger partial charge in [-0.15, -0.1) is 11.3 Å². The second kappa shape index (κ2) is 9.17. The summed E-state index contributed by atoms with van der Waals surface area (Å²) in [6.45, 7) is 7.04. The number of thiazole rings is 1. The Bertz CT molecular complexity index is 1290. The van der Waals surface area contributed by atoms with Gasteiger partial charge in [0.05, 0.1) is 17.8 Å². The lowest BCUT2D eigenvalue weighted by Crippen LogP contribution is -2.42. The van der Waals surface area contributed by atoms with Crippen molar-refractivity contribution in [1.29, 1.82) is 0 Å². The van der Waals surface area contributed by atoms with Crippen molar-refractivity contribution in [2.75, 3.05) is 31.7 Å². The van der Waals surface area contributed by atoms with E-state index in [0.717, 1.165) is 34.2 Å². The van der Waals surface area contributed by atoms with Gasteiger partial charge in [0.25, 0.3) is 0 Å². The van der Waals surface area contributed by atoms with Gasteiger partial charge < -0.3 is 9.72 Å². The highest BCUT2D eigenvalue weighted by molar-refractivity contribution is 7.99. The molecule has 7 nitrogen and oxygen atoms in total. The van der Waals surface area contributed by atoms with E-state index >= 15 is 0 Å². The van der Waals surface area contributed by atoms with E-state index in [2.05, 4.69) is 45.6 Å². The van der Waals surface area contributed by atoms with Gasteiger partial charge in [-0.3, -0.25) is 4.90 Å². The van der Waals surface area contributed by atoms with Crippen LogP contribution < -0.4 is 4.74 Å². The summed E-state index contributed by atoms with van der Waals surface area (Å²) in [5.41, 5.74) is 5.30. The highest BCUT2D eigenvalue weighted by Gasteiger charge is 2.30. The number of aromatic amines is 1. The molecule has 0 bridgehead atoms. The van der Waals surface area contributed by atoms with E-state index < -0.39 is 0 Å². The van der Waals surface area contributed by atoms with Crippen molar-refractivity contribution >= 4 is 39.1 Å². The number of hydrogen-bond acceptors (Lipinski definition) is 7. The average molecular weight is 497 g/mol. The lowest BCUT2D eigenvalue weighted by atomic mass is 9.85. The molecule has 180 valence electrons. The summed E-state index contributed by atoms with van der Waals surface area (Å²) in [5.74, 6) is 4.26. The molecule has 6 rings (SSSR count). The molecule has 0 unspecified atom stereocenters. The van der Waals surface area contributed by atoms with Gasteiger partial charge in [0, 0.05) is 53.9 Å². The molecule has 1 N–H and O–H groups in total. The molecule has 0 spiro atoms. The van der Waals surface area contributed by atoms with Crippen LogP contribution in [0.15, 0.2) is 18.6 Å². The Morgan fingerprint density at radius 3 is 2.68 bits per heavy atom. The fourth-order valence-electron chi connectivity index (χ4n) is 5.68. The number of ether oxygens (including phenoxy) is 1. The van der Waals surface area contributed by atoms with Crippen molar-refractivity contribution in [3.63, 3.8) is 0 Å². The number of thioether (sulfide) groups is 1. The SMILES string of the molecule is COc1cc(-c2[nH]c3sc(C4CCC(N5CCSCC5)CC4)nc3c2C(C)C)cn2ncnc12. The van der Waals surface area contributed by atoms with E-state index in [1.54, 1.807) is 18.0 Å². The first kappa shape index (κ1) is 22.4. The molecule has 2 fully saturated rings. The molecule has 5 heterocycles. The summed E-state index contributed by atoms with van der Waals surface area (Å²) in [7, 11) is 1.68. The minimum atomic E-state index is 0.351. The van der Waals surface area contributed by atoms with Crippen LogP contribution in [0.4, 0.5) is 0 Å². The molecule has 1 aliphatic carbocycles. The van der Waals surface area contributed by atoms with Gasteiger partial charge >= 0.3 is 0 Å². The van der Waals surface area contributed by atoms with E-state index in [-0.39, 0.29) is 0 Å². The Balaban J connectivity index is 1.29. The molecule has 9 heteroatoms. The van der Waals surface area contributed by atoms with Crippen molar-refractivity contribution in [3.05, 3.63) is 29.2 Å². The predicted octanol–water partition coefficient (Wildman–Crippen LogP) is 5.54. The largest absolute Gasteiger partial charge is 0.493 e. The van der Waals surface area contributed by atoms with Crippen LogP contribution in [0, 0.1) is 0 Å². The molecule has 4 aromatic heterocycles. The van der Waals surface area contributed by atoms with Gasteiger partial charge in [0.1, 0.15) is 16.7 Å². The lowest BCUT2D eigenvalue weighted by molar-refractivity contribution is 0.163. The summed E-state index contributed by atoms with van der Waals surface area (Å²) in [6.07, 6.45) is 8.72. The summed E-state index contributed by atoms with van der Waals surface area (Å²) in [4.78, 5) is 17.2. The van der Waals surface area contributed by atoms with Crippen LogP contribution in [0.2, 0.25) is 0 Å². The third kappa shape index (κ3) is 3.91. The number of methoxy groups -OCH3 is 1. The van der Waals surface area contributed by atoms with E-state index in [0.29, 0.717) is 11.8 Å². The summed E-state index contributed by atoms with van der Waals surface area (Å²) >= 11 is 3.95. The van der Waals surface area contributed by atoms with Crippen molar-refractivity contribution in [2.45, 2.75) is 57.4 Å². The predicted molar refractivity (Wildman–Crippen MR) is 140 cm³/mol. The molecule has 0 radical (unpaired) electrons. The standard InChI is InChI=1S/C25H32N6OS2/c1-15(2)20-21(17-12-19(32-3)23-26-14-27-31(23)13-17)28-25-22(20)29-24(34-25)16-4-6-18(7-5-16)30-8-10-33-11-9-30/h12-16,18,28H,4-11H2,1-3H3. The van der Waals surface area contributed by atoms with Crippen LogP contribution in [0.5, 0.6) is 5.75 Å². The molecule has 0 atom stereocenters. The topological polar surface area (TPSA) is 71.3 Å². The number of fused-ring (bicyclic) bond motifs is 2. The van der Waals surface area contributed by atoms with Crippen LogP contribution in [0.3, 0.4) is 0 Å². The van der Waals surface area contributed by atoms with Crippen LogP contribution in [-0.4, -0.2) is 67.2 Å². The van der Waals surface area contributed by atoms with Gasteiger partial charge in [0.15, 0.2) is 11.4 Å². The quantitative estimate of drug-likeness (QED) is 0.391. The molecule has 4 aromatic rings. The van der Waals surface area contributed by atoms with Gasteiger partial charge in [-0.1, -0.05) is 13.8 Å². The van der Waals surface area contributed by atoms with Crippen LogP contribution in [0.1, 0.15) is 61.9 Å². The molecule has 0 amide bonds. The van der Waals surface area contributed by atoms with Crippen LogP contribution in [-0.2, 0) is 0 Å². The monoisotopic (exact) mass is 496 g/mol. The first-order valence-corrected chi connectivity index (χ1v) is 14.3. The maximum absolute atomic E-state index is 5.60. The van der Waals surface area contributed by atoms with Crippen molar-refractivity contribution in [2.24, 2.45) is 0 Å². The fourth-order valence-corrected chi connectivity index (χ4v) is 7.77. The minimum absolute atomic E-state index is 0.351. The zero-order valence-corrected chi connectivity index (χ0v) is 21.7. The zero-order valence-electron chi connectivity index (χ0n) is 20.1. The third-order valence-corrected chi connectivity index (χ3v) is 9.52. The number of nitrogens with zero attached hydrogens (tertiary/aromatic N) is 5. The maximum Gasteiger partial charge on any atom is 0.197 e. The summed E-state index contributed by atoms with van der Waals surface area (Å²) in [5, 5.41) is 5.65. The van der Waals surface area contributed by atoms with Gasteiger partial charge in [0.2, 0.25) is 0 Å². The van der Waals surface area contributed by atoms with E-state index in [4.69, 9.17) is 9.72 Å². The number of hydrogen-bond donors (Lipinski definition) is 1. The summed E-state index contributed by atoms with van der Waals surface area (Å²) in [6, 6.07) is 2.83. The summed E-state index contributed by atoms with van der Waals surface area (Å²) < 4.78 is 7.38. The first-order valence-electron chi connectivity index (χ1n) is 12.3. The highest BCUT2D eigenvalue weighted by Crippen LogP contribution is 2.43. The van der Waals surface area contributed by atoms with Gasteiger partial charge in [-0.05, 0) is 37.7 Å². The Hall–Kier alpha value is -2.10. The molecule has 1 aliphatic heterocycles. The number of H-pyrrole nitrogens is 1. The average Bonchev–Trinajstić information content (AvgIpc) is 3.58.